The van der Waals surface area contributed by atoms with Gasteiger partial charge >= 0.3 is 0 Å². The fourth-order valence-corrected chi connectivity index (χ4v) is 3.46. The fourth-order valence-electron chi connectivity index (χ4n) is 3.37. The fraction of sp³-hybridized carbons (Fsp3) is 0.440. The van der Waals surface area contributed by atoms with Gasteiger partial charge in [0.15, 0.2) is 0 Å². The second-order valence-electron chi connectivity index (χ2n) is 8.78. The lowest BCUT2D eigenvalue weighted by molar-refractivity contribution is 0.0817. The van der Waals surface area contributed by atoms with Crippen molar-refractivity contribution in [2.24, 2.45) is 11.6 Å². The minimum atomic E-state index is -0.754. The predicted octanol–water partition coefficient (Wildman–Crippen LogP) is 3.03. The van der Waals surface area contributed by atoms with Gasteiger partial charge in [0, 0.05) is 17.3 Å². The summed E-state index contributed by atoms with van der Waals surface area (Å²) < 4.78 is 11.4. The summed E-state index contributed by atoms with van der Waals surface area (Å²) in [7, 11) is 0. The Labute approximate surface area is 201 Å². The topological polar surface area (TPSA) is 114 Å². The number of alkyl halides is 1. The number of hydrazine groups is 1. The van der Waals surface area contributed by atoms with Crippen LogP contribution in [0.25, 0.3) is 0 Å². The maximum atomic E-state index is 10.1. The molecular formula is C25H36ClN3O4. The number of nitrogens with zero attached hydrogens (tertiary/aromatic N) is 1. The predicted molar refractivity (Wildman–Crippen MR) is 132 cm³/mol. The smallest absolute Gasteiger partial charge is 0.122 e. The first-order chi connectivity index (χ1) is 15.5. The van der Waals surface area contributed by atoms with Crippen LogP contribution >= 0.6 is 11.6 Å². The average molecular weight is 478 g/mol. The van der Waals surface area contributed by atoms with Crippen molar-refractivity contribution in [3.8, 4) is 11.5 Å². The molecule has 0 heterocycles. The highest BCUT2D eigenvalue weighted by molar-refractivity contribution is 6.18. The lowest BCUT2D eigenvalue weighted by Gasteiger charge is -2.27. The van der Waals surface area contributed by atoms with E-state index in [9.17, 15) is 10.2 Å². The number of allylic oxidation sites excluding steroid dienone is 1. The Morgan fingerprint density at radius 2 is 1.67 bits per heavy atom. The van der Waals surface area contributed by atoms with E-state index < -0.39 is 12.2 Å². The van der Waals surface area contributed by atoms with Crippen LogP contribution in [-0.4, -0.2) is 53.1 Å². The molecule has 0 radical (unpaired) electrons. The molecule has 8 heteroatoms. The number of aliphatic hydroxyl groups is 2. The number of benzene rings is 2. The molecule has 33 heavy (non-hydrogen) atoms. The number of hydrogen-bond acceptors (Lipinski definition) is 7. The van der Waals surface area contributed by atoms with Gasteiger partial charge in [-0.15, -0.1) is 11.6 Å². The van der Waals surface area contributed by atoms with Crippen LogP contribution in [-0.2, 0) is 5.41 Å². The average Bonchev–Trinajstić information content (AvgIpc) is 2.76. The summed E-state index contributed by atoms with van der Waals surface area (Å²) >= 11 is 5.63. The van der Waals surface area contributed by atoms with Crippen LogP contribution in [0.15, 0.2) is 54.4 Å². The first kappa shape index (κ1) is 26.8. The lowest BCUT2D eigenvalue weighted by Crippen LogP contribution is -2.37. The van der Waals surface area contributed by atoms with E-state index in [1.807, 2.05) is 43.3 Å². The molecular weight excluding hydrogens is 442 g/mol. The minimum Gasteiger partial charge on any atom is -0.491 e. The van der Waals surface area contributed by atoms with Gasteiger partial charge in [0.25, 0.3) is 0 Å². The second kappa shape index (κ2) is 12.1. The van der Waals surface area contributed by atoms with Gasteiger partial charge in [0.2, 0.25) is 0 Å². The van der Waals surface area contributed by atoms with Gasteiger partial charge in [-0.2, -0.15) is 0 Å². The van der Waals surface area contributed by atoms with Crippen LogP contribution < -0.4 is 21.1 Å². The van der Waals surface area contributed by atoms with E-state index in [1.54, 1.807) is 13.1 Å². The maximum Gasteiger partial charge on any atom is 0.122 e. The molecule has 0 spiro atoms. The highest BCUT2D eigenvalue weighted by Crippen LogP contribution is 2.34. The first-order valence-electron chi connectivity index (χ1n) is 10.9. The van der Waals surface area contributed by atoms with E-state index in [2.05, 4.69) is 19.9 Å². The Bertz CT molecular complexity index is 914. The summed E-state index contributed by atoms with van der Waals surface area (Å²) in [4.78, 5) is 0. The van der Waals surface area contributed by atoms with Gasteiger partial charge in [-0.3, -0.25) is 0 Å². The normalized spacial score (nSPS) is 14.0. The molecule has 0 fully saturated rings. The molecule has 0 aliphatic rings. The molecule has 2 unspecified atom stereocenters. The van der Waals surface area contributed by atoms with Gasteiger partial charge in [0.1, 0.15) is 36.9 Å². The number of aryl methyl sites for hydroxylation is 1. The molecule has 182 valence electrons. The Balaban J connectivity index is 2.01. The summed E-state index contributed by atoms with van der Waals surface area (Å²) in [5.74, 6) is 7.30. The monoisotopic (exact) mass is 477 g/mol. The highest BCUT2D eigenvalue weighted by Gasteiger charge is 2.24. The molecule has 0 amide bonds. The molecule has 2 rings (SSSR count). The van der Waals surface area contributed by atoms with Gasteiger partial charge in [-0.05, 0) is 48.7 Å². The van der Waals surface area contributed by atoms with E-state index in [4.69, 9.17) is 32.7 Å². The van der Waals surface area contributed by atoms with Crippen molar-refractivity contribution >= 4 is 11.6 Å². The number of aliphatic hydroxyl groups excluding tert-OH is 2. The Hall–Kier alpha value is -2.45. The molecule has 2 aromatic rings. The zero-order chi connectivity index (χ0) is 24.6. The summed E-state index contributed by atoms with van der Waals surface area (Å²) in [5.41, 5.74) is 9.15. The standard InChI is InChI=1S/C25H36ClN3O4/c1-17-11-20(7-10-24(17)33-15-21(30)12-26)25(3,4)19-5-8-23(9-6-19)32-16-22(31)14-29(28)13-18(2)27/h5-11,13,21-22,30-31H,12,14-16,27-28H2,1-4H3/b18-13-. The lowest BCUT2D eigenvalue weighted by atomic mass is 9.77. The van der Waals surface area contributed by atoms with Crippen molar-refractivity contribution in [1.29, 1.82) is 0 Å². The summed E-state index contributed by atoms with van der Waals surface area (Å²) in [6.07, 6.45) is 0.116. The van der Waals surface area contributed by atoms with Crippen LogP contribution in [0.4, 0.5) is 0 Å². The van der Waals surface area contributed by atoms with Crippen molar-refractivity contribution in [3.63, 3.8) is 0 Å². The molecule has 0 aliphatic carbocycles. The number of ether oxygens (including phenoxy) is 2. The van der Waals surface area contributed by atoms with Crippen LogP contribution in [0.5, 0.6) is 11.5 Å². The van der Waals surface area contributed by atoms with Crippen LogP contribution in [0.2, 0.25) is 0 Å². The van der Waals surface area contributed by atoms with Crippen molar-refractivity contribution in [3.05, 3.63) is 71.1 Å². The number of nitrogens with two attached hydrogens (primary N) is 2. The third-order valence-corrected chi connectivity index (χ3v) is 5.67. The van der Waals surface area contributed by atoms with Crippen LogP contribution in [0.3, 0.4) is 0 Å². The molecule has 0 aromatic heterocycles. The molecule has 0 saturated carbocycles. The zero-order valence-corrected chi connectivity index (χ0v) is 20.5. The first-order valence-corrected chi connectivity index (χ1v) is 11.4. The molecule has 7 nitrogen and oxygen atoms in total. The van der Waals surface area contributed by atoms with Crippen molar-refractivity contribution in [1.82, 2.24) is 5.01 Å². The van der Waals surface area contributed by atoms with Crippen molar-refractivity contribution in [2.75, 3.05) is 25.6 Å². The third-order valence-electron chi connectivity index (χ3n) is 5.32. The van der Waals surface area contributed by atoms with E-state index in [0.29, 0.717) is 11.4 Å². The zero-order valence-electron chi connectivity index (χ0n) is 19.8. The van der Waals surface area contributed by atoms with E-state index in [0.717, 1.165) is 22.4 Å². The Kier molecular flexibility index (Phi) is 9.86. The number of hydrogen-bond donors (Lipinski definition) is 4. The van der Waals surface area contributed by atoms with Crippen molar-refractivity contribution in [2.45, 2.75) is 45.3 Å². The van der Waals surface area contributed by atoms with E-state index in [1.165, 1.54) is 5.01 Å². The molecule has 0 aliphatic heterocycles. The van der Waals surface area contributed by atoms with Gasteiger partial charge in [-0.25, -0.2) is 5.84 Å². The van der Waals surface area contributed by atoms with E-state index in [-0.39, 0.29) is 31.1 Å². The number of halogens is 1. The molecule has 2 atom stereocenters. The largest absolute Gasteiger partial charge is 0.491 e. The van der Waals surface area contributed by atoms with Gasteiger partial charge < -0.3 is 30.4 Å². The summed E-state index contributed by atoms with van der Waals surface area (Å²) in [5, 5.41) is 21.1. The van der Waals surface area contributed by atoms with Crippen LogP contribution in [0, 0.1) is 6.92 Å². The SMILES string of the molecule is C/C(N)=C/N(N)CC(O)COc1ccc(C(C)(C)c2ccc(OCC(O)CCl)c(C)c2)cc1. The summed E-state index contributed by atoms with van der Waals surface area (Å²) in [6, 6.07) is 13.9. The Morgan fingerprint density at radius 3 is 2.24 bits per heavy atom. The van der Waals surface area contributed by atoms with Crippen LogP contribution in [0.1, 0.15) is 37.5 Å². The minimum absolute atomic E-state index is 0.118. The highest BCUT2D eigenvalue weighted by atomic mass is 35.5. The quantitative estimate of drug-likeness (QED) is 0.211. The molecule has 2 aromatic carbocycles. The van der Waals surface area contributed by atoms with Crippen molar-refractivity contribution < 1.29 is 19.7 Å². The molecule has 0 bridgehead atoms. The van der Waals surface area contributed by atoms with Gasteiger partial charge in [-0.1, -0.05) is 38.1 Å². The molecule has 0 saturated heterocycles. The Morgan fingerprint density at radius 1 is 1.06 bits per heavy atom. The summed E-state index contributed by atoms with van der Waals surface area (Å²) in [6.45, 7) is 8.51. The second-order valence-corrected chi connectivity index (χ2v) is 9.09. The maximum absolute atomic E-state index is 10.1. The molecule has 6 N–H and O–H groups in total. The number of rotatable bonds is 12. The third kappa shape index (κ3) is 8.12. The van der Waals surface area contributed by atoms with Gasteiger partial charge in [0.05, 0.1) is 12.4 Å². The van der Waals surface area contributed by atoms with E-state index >= 15 is 0 Å².